The summed E-state index contributed by atoms with van der Waals surface area (Å²) >= 11 is 0. The van der Waals surface area contributed by atoms with Crippen LogP contribution in [0.25, 0.3) is 0 Å². The number of hydrogen-bond acceptors (Lipinski definition) is 5. The van der Waals surface area contributed by atoms with E-state index < -0.39 is 0 Å². The Labute approximate surface area is 147 Å². The van der Waals surface area contributed by atoms with Crippen LogP contribution in [-0.4, -0.2) is 30.4 Å². The van der Waals surface area contributed by atoms with Crippen LogP contribution in [0.3, 0.4) is 0 Å². The number of benzene rings is 1. The molecule has 6 heteroatoms. The Bertz CT molecular complexity index is 714. The van der Waals surface area contributed by atoms with Crippen molar-refractivity contribution in [3.63, 3.8) is 0 Å². The summed E-state index contributed by atoms with van der Waals surface area (Å²) in [5.41, 5.74) is 1.47. The maximum atomic E-state index is 12.1. The number of ketones is 1. The second-order valence-corrected chi connectivity index (χ2v) is 5.36. The Morgan fingerprint density at radius 3 is 2.56 bits per heavy atom. The molecule has 0 unspecified atom stereocenters. The van der Waals surface area contributed by atoms with E-state index in [2.05, 4.69) is 10.3 Å². The number of hydrogen-bond donors (Lipinski definition) is 1. The summed E-state index contributed by atoms with van der Waals surface area (Å²) in [5, 5.41) is 2.79. The summed E-state index contributed by atoms with van der Waals surface area (Å²) in [6.07, 6.45) is 1.93. The van der Waals surface area contributed by atoms with E-state index in [0.717, 1.165) is 11.3 Å². The zero-order chi connectivity index (χ0) is 18.1. The smallest absolute Gasteiger partial charge is 0.220 e. The van der Waals surface area contributed by atoms with Crippen molar-refractivity contribution in [2.75, 3.05) is 13.7 Å². The largest absolute Gasteiger partial charge is 0.494 e. The Morgan fingerprint density at radius 2 is 1.88 bits per heavy atom. The molecule has 6 nitrogen and oxygen atoms in total. The van der Waals surface area contributed by atoms with Gasteiger partial charge >= 0.3 is 0 Å². The van der Waals surface area contributed by atoms with Gasteiger partial charge in [0.1, 0.15) is 5.75 Å². The fourth-order valence-electron chi connectivity index (χ4n) is 2.24. The molecule has 132 valence electrons. The quantitative estimate of drug-likeness (QED) is 0.709. The highest BCUT2D eigenvalue weighted by Gasteiger charge is 2.10. The minimum absolute atomic E-state index is 0.0659. The van der Waals surface area contributed by atoms with E-state index in [1.54, 1.807) is 42.6 Å². The number of amides is 1. The number of carbonyl (C=O) groups excluding carboxylic acids is 2. The first kappa shape index (κ1) is 18.4. The highest BCUT2D eigenvalue weighted by Crippen LogP contribution is 2.14. The van der Waals surface area contributed by atoms with Gasteiger partial charge in [-0.3, -0.25) is 9.59 Å². The lowest BCUT2D eigenvalue weighted by molar-refractivity contribution is -0.121. The molecule has 2 aromatic rings. The van der Waals surface area contributed by atoms with Gasteiger partial charge in [0.2, 0.25) is 11.8 Å². The number of ether oxygens (including phenoxy) is 2. The first-order valence-corrected chi connectivity index (χ1v) is 8.14. The molecule has 0 fully saturated rings. The molecule has 0 spiro atoms. The molecule has 0 radical (unpaired) electrons. The number of pyridine rings is 1. The van der Waals surface area contributed by atoms with Gasteiger partial charge in [0.15, 0.2) is 5.78 Å². The summed E-state index contributed by atoms with van der Waals surface area (Å²) in [6.45, 7) is 2.85. The Kier molecular flexibility index (Phi) is 6.95. The van der Waals surface area contributed by atoms with E-state index in [9.17, 15) is 9.59 Å². The maximum Gasteiger partial charge on any atom is 0.220 e. The Hall–Kier alpha value is -2.89. The van der Waals surface area contributed by atoms with Crippen LogP contribution in [0.4, 0.5) is 0 Å². The van der Waals surface area contributed by atoms with E-state index >= 15 is 0 Å². The van der Waals surface area contributed by atoms with Crippen LogP contribution >= 0.6 is 0 Å². The van der Waals surface area contributed by atoms with Gasteiger partial charge in [-0.1, -0.05) is 0 Å². The van der Waals surface area contributed by atoms with Crippen molar-refractivity contribution in [1.82, 2.24) is 10.3 Å². The molecule has 0 saturated heterocycles. The molecule has 0 aliphatic heterocycles. The third-order valence-electron chi connectivity index (χ3n) is 3.56. The van der Waals surface area contributed by atoms with Gasteiger partial charge in [-0.15, -0.1) is 0 Å². The van der Waals surface area contributed by atoms with Crippen molar-refractivity contribution in [1.29, 1.82) is 0 Å². The highest BCUT2D eigenvalue weighted by atomic mass is 16.5. The van der Waals surface area contributed by atoms with Gasteiger partial charge in [0.25, 0.3) is 0 Å². The van der Waals surface area contributed by atoms with Crippen LogP contribution in [0.2, 0.25) is 0 Å². The summed E-state index contributed by atoms with van der Waals surface area (Å²) in [4.78, 5) is 28.1. The van der Waals surface area contributed by atoms with Crippen LogP contribution in [0.1, 0.15) is 35.7 Å². The fourth-order valence-corrected chi connectivity index (χ4v) is 2.24. The number of aromatic nitrogens is 1. The zero-order valence-corrected chi connectivity index (χ0v) is 14.5. The van der Waals surface area contributed by atoms with Gasteiger partial charge in [-0.25, -0.2) is 4.98 Å². The normalized spacial score (nSPS) is 10.2. The lowest BCUT2D eigenvalue weighted by Crippen LogP contribution is -2.23. The van der Waals surface area contributed by atoms with E-state index in [1.165, 1.54) is 7.11 Å². The van der Waals surface area contributed by atoms with Crippen LogP contribution in [0.5, 0.6) is 11.6 Å². The number of nitrogens with zero attached hydrogens (tertiary/aromatic N) is 1. The third kappa shape index (κ3) is 5.91. The van der Waals surface area contributed by atoms with Gasteiger partial charge < -0.3 is 14.8 Å². The van der Waals surface area contributed by atoms with Crippen LogP contribution in [0, 0.1) is 0 Å². The fraction of sp³-hybridized carbons (Fsp3) is 0.316. The van der Waals surface area contributed by atoms with Gasteiger partial charge in [0, 0.05) is 37.2 Å². The standard InChI is InChI=1S/C19H22N2O4/c1-3-25-16-6-4-15(5-7-16)17(22)8-9-18(23)21-13-14-10-11-20-19(12-14)24-2/h4-7,10-12H,3,8-9,13H2,1-2H3,(H,21,23). The molecule has 1 aromatic carbocycles. The van der Waals surface area contributed by atoms with E-state index in [4.69, 9.17) is 9.47 Å². The predicted octanol–water partition coefficient (Wildman–Crippen LogP) is 2.77. The average Bonchev–Trinajstić information content (AvgIpc) is 2.65. The molecule has 2 rings (SSSR count). The van der Waals surface area contributed by atoms with Gasteiger partial charge in [-0.2, -0.15) is 0 Å². The summed E-state index contributed by atoms with van der Waals surface area (Å²) in [7, 11) is 1.54. The number of nitrogens with one attached hydrogen (secondary N) is 1. The Balaban J connectivity index is 1.77. The first-order chi connectivity index (χ1) is 12.1. The third-order valence-corrected chi connectivity index (χ3v) is 3.56. The molecule has 0 aliphatic carbocycles. The lowest BCUT2D eigenvalue weighted by Gasteiger charge is -2.07. The van der Waals surface area contributed by atoms with E-state index in [-0.39, 0.29) is 24.5 Å². The molecule has 0 bridgehead atoms. The molecule has 25 heavy (non-hydrogen) atoms. The monoisotopic (exact) mass is 342 g/mol. The minimum atomic E-state index is -0.171. The number of rotatable bonds is 9. The maximum absolute atomic E-state index is 12.1. The minimum Gasteiger partial charge on any atom is -0.494 e. The summed E-state index contributed by atoms with van der Waals surface area (Å²) in [6, 6.07) is 10.5. The topological polar surface area (TPSA) is 77.5 Å². The van der Waals surface area contributed by atoms with Crippen LogP contribution in [-0.2, 0) is 11.3 Å². The summed E-state index contributed by atoms with van der Waals surface area (Å²) < 4.78 is 10.4. The molecular weight excluding hydrogens is 320 g/mol. The number of methoxy groups -OCH3 is 1. The number of Topliss-reactive ketones (excluding diaryl/α,β-unsaturated/α-hetero) is 1. The first-order valence-electron chi connectivity index (χ1n) is 8.14. The van der Waals surface area contributed by atoms with Crippen LogP contribution in [0.15, 0.2) is 42.6 Å². The molecule has 0 aliphatic rings. The van der Waals surface area contributed by atoms with Crippen molar-refractivity contribution < 1.29 is 19.1 Å². The molecule has 1 amide bonds. The van der Waals surface area contributed by atoms with Crippen molar-refractivity contribution in [3.05, 3.63) is 53.7 Å². The van der Waals surface area contributed by atoms with Crippen molar-refractivity contribution in [3.8, 4) is 11.6 Å². The van der Waals surface area contributed by atoms with Crippen molar-refractivity contribution in [2.45, 2.75) is 26.3 Å². The molecule has 0 atom stereocenters. The second-order valence-electron chi connectivity index (χ2n) is 5.36. The molecule has 1 aromatic heterocycles. The zero-order valence-electron chi connectivity index (χ0n) is 14.5. The van der Waals surface area contributed by atoms with Crippen LogP contribution < -0.4 is 14.8 Å². The number of carbonyl (C=O) groups is 2. The summed E-state index contributed by atoms with van der Waals surface area (Å²) in [5.74, 6) is 0.987. The SMILES string of the molecule is CCOc1ccc(C(=O)CCC(=O)NCc2ccnc(OC)c2)cc1. The van der Waals surface area contributed by atoms with Gasteiger partial charge in [0.05, 0.1) is 13.7 Å². The van der Waals surface area contributed by atoms with Crippen molar-refractivity contribution >= 4 is 11.7 Å². The second kappa shape index (κ2) is 9.42. The predicted molar refractivity (Wildman–Crippen MR) is 93.8 cm³/mol. The molecule has 1 N–H and O–H groups in total. The van der Waals surface area contributed by atoms with Crippen molar-refractivity contribution in [2.24, 2.45) is 0 Å². The molecule has 0 saturated carbocycles. The lowest BCUT2D eigenvalue weighted by atomic mass is 10.1. The van der Waals surface area contributed by atoms with E-state index in [0.29, 0.717) is 24.6 Å². The highest BCUT2D eigenvalue weighted by molar-refractivity contribution is 5.98. The molecule has 1 heterocycles. The van der Waals surface area contributed by atoms with Gasteiger partial charge in [-0.05, 0) is 42.8 Å². The Morgan fingerprint density at radius 1 is 1.12 bits per heavy atom. The van der Waals surface area contributed by atoms with E-state index in [1.807, 2.05) is 6.92 Å². The molecular formula is C19H22N2O4. The average molecular weight is 342 g/mol.